The van der Waals surface area contributed by atoms with Gasteiger partial charge >= 0.3 is 0 Å². The van der Waals surface area contributed by atoms with Gasteiger partial charge in [0.15, 0.2) is 22.9 Å². The van der Waals surface area contributed by atoms with Gasteiger partial charge in [-0.15, -0.1) is 11.8 Å². The first-order valence-corrected chi connectivity index (χ1v) is 15.3. The molecule has 0 aromatic carbocycles. The molecule has 1 saturated carbocycles. The lowest BCUT2D eigenvalue weighted by Crippen LogP contribution is -2.41. The monoisotopic (exact) mass is 520 g/mol. The van der Waals surface area contributed by atoms with Crippen LogP contribution in [-0.4, -0.2) is 60.5 Å². The summed E-state index contributed by atoms with van der Waals surface area (Å²) in [6, 6.07) is 1.45. The molecule has 0 N–H and O–H groups in total. The fraction of sp³-hybridized carbons (Fsp3) is 0.679. The van der Waals surface area contributed by atoms with Gasteiger partial charge in [0, 0.05) is 24.1 Å². The van der Waals surface area contributed by atoms with Crippen molar-refractivity contribution in [2.75, 3.05) is 12.8 Å². The van der Waals surface area contributed by atoms with E-state index in [4.69, 9.17) is 19.6 Å². The highest BCUT2D eigenvalue weighted by Crippen LogP contribution is 2.48. The van der Waals surface area contributed by atoms with Crippen molar-refractivity contribution in [2.45, 2.75) is 113 Å². The van der Waals surface area contributed by atoms with Crippen molar-refractivity contribution in [1.82, 2.24) is 29.8 Å². The number of hydrogen-bond acceptors (Lipinski definition) is 8. The standard InChI is InChI=1S/C28H36N6O2S/c1-16-22-26(34(31-16)17(2)20-12-11-18-8-7-15-33(18)20)29-25(30-27(22)37-3)23-19-9-6-14-28(24(19)36-32-23)13-5-4-10-21(28)35/h17-18,20H,4-15H2,1-3H3/t17-,18?,20-,28+/m0/s1. The first-order valence-electron chi connectivity index (χ1n) is 14.1. The van der Waals surface area contributed by atoms with Crippen molar-refractivity contribution in [3.05, 3.63) is 17.0 Å². The fourth-order valence-corrected chi connectivity index (χ4v) is 8.51. The predicted octanol–water partition coefficient (Wildman–Crippen LogP) is 5.42. The summed E-state index contributed by atoms with van der Waals surface area (Å²) in [7, 11) is 0. The van der Waals surface area contributed by atoms with Crippen LogP contribution in [0.3, 0.4) is 0 Å². The van der Waals surface area contributed by atoms with E-state index >= 15 is 0 Å². The average molecular weight is 521 g/mol. The Morgan fingerprint density at radius 3 is 2.78 bits per heavy atom. The maximum absolute atomic E-state index is 13.1. The van der Waals surface area contributed by atoms with E-state index < -0.39 is 5.41 Å². The van der Waals surface area contributed by atoms with Gasteiger partial charge in [0.2, 0.25) is 0 Å². The molecule has 2 aliphatic heterocycles. The molecule has 0 amide bonds. The number of ketones is 1. The Balaban J connectivity index is 1.34. The van der Waals surface area contributed by atoms with E-state index in [2.05, 4.69) is 34.8 Å². The first-order chi connectivity index (χ1) is 18.0. The van der Waals surface area contributed by atoms with Crippen LogP contribution in [0.15, 0.2) is 9.55 Å². The normalized spacial score (nSPS) is 28.8. The molecule has 3 aromatic heterocycles. The molecule has 7 rings (SSSR count). The Morgan fingerprint density at radius 1 is 1.08 bits per heavy atom. The van der Waals surface area contributed by atoms with Gasteiger partial charge in [0.1, 0.15) is 10.8 Å². The number of rotatable bonds is 4. The number of carbonyl (C=O) groups is 1. The molecule has 0 bridgehead atoms. The summed E-state index contributed by atoms with van der Waals surface area (Å²) in [5.74, 6) is 1.71. The number of Topliss-reactive ketones (excluding diaryl/α,β-unsaturated/α-hetero) is 1. The number of carbonyl (C=O) groups excluding carboxylic acids is 1. The van der Waals surface area contributed by atoms with E-state index in [-0.39, 0.29) is 6.04 Å². The lowest BCUT2D eigenvalue weighted by atomic mass is 9.64. The van der Waals surface area contributed by atoms with Crippen LogP contribution < -0.4 is 0 Å². The van der Waals surface area contributed by atoms with E-state index in [1.807, 2.05) is 0 Å². The maximum atomic E-state index is 13.1. The topological polar surface area (TPSA) is 89.9 Å². The van der Waals surface area contributed by atoms with Gasteiger partial charge < -0.3 is 4.52 Å². The van der Waals surface area contributed by atoms with Gasteiger partial charge in [-0.1, -0.05) is 11.6 Å². The summed E-state index contributed by atoms with van der Waals surface area (Å²) >= 11 is 1.63. The van der Waals surface area contributed by atoms with Gasteiger partial charge in [0.25, 0.3) is 0 Å². The van der Waals surface area contributed by atoms with E-state index in [1.54, 1.807) is 11.8 Å². The Kier molecular flexibility index (Phi) is 5.73. The van der Waals surface area contributed by atoms with Crippen molar-refractivity contribution in [3.63, 3.8) is 0 Å². The zero-order chi connectivity index (χ0) is 25.3. The van der Waals surface area contributed by atoms with Crippen molar-refractivity contribution < 1.29 is 9.32 Å². The largest absolute Gasteiger partial charge is 0.359 e. The molecular formula is C28H36N6O2S. The highest BCUT2D eigenvalue weighted by molar-refractivity contribution is 7.98. The first kappa shape index (κ1) is 23.8. The molecule has 9 heteroatoms. The third-order valence-corrected chi connectivity index (χ3v) is 10.4. The number of fused-ring (bicyclic) bond motifs is 4. The quantitative estimate of drug-likeness (QED) is 0.333. The molecular weight excluding hydrogens is 484 g/mol. The Labute approximate surface area is 222 Å². The van der Waals surface area contributed by atoms with Crippen LogP contribution >= 0.6 is 11.8 Å². The molecule has 4 atom stereocenters. The number of aromatic nitrogens is 5. The van der Waals surface area contributed by atoms with Crippen LogP contribution in [-0.2, 0) is 16.6 Å². The molecule has 4 aliphatic rings. The van der Waals surface area contributed by atoms with Gasteiger partial charge in [-0.25, -0.2) is 14.6 Å². The minimum atomic E-state index is -0.495. The second-order valence-corrected chi connectivity index (χ2v) is 12.4. The van der Waals surface area contributed by atoms with E-state index in [1.165, 1.54) is 32.2 Å². The molecule has 8 nitrogen and oxygen atoms in total. The third kappa shape index (κ3) is 3.49. The van der Waals surface area contributed by atoms with Crippen molar-refractivity contribution >= 4 is 28.6 Å². The summed E-state index contributed by atoms with van der Waals surface area (Å²) in [5, 5.41) is 11.5. The predicted molar refractivity (Wildman–Crippen MR) is 143 cm³/mol. The van der Waals surface area contributed by atoms with Crippen molar-refractivity contribution in [1.29, 1.82) is 0 Å². The molecule has 2 saturated heterocycles. The van der Waals surface area contributed by atoms with Gasteiger partial charge in [-0.3, -0.25) is 9.69 Å². The molecule has 2 aliphatic carbocycles. The molecule has 5 heterocycles. The van der Waals surface area contributed by atoms with Gasteiger partial charge in [-0.05, 0) is 84.4 Å². The summed E-state index contributed by atoms with van der Waals surface area (Å²) in [4.78, 5) is 26.0. The number of thioether (sulfide) groups is 1. The molecule has 196 valence electrons. The van der Waals surface area contributed by atoms with Gasteiger partial charge in [-0.2, -0.15) is 5.10 Å². The molecule has 0 radical (unpaired) electrons. The van der Waals surface area contributed by atoms with Crippen LogP contribution in [0, 0.1) is 6.92 Å². The fourth-order valence-electron chi connectivity index (χ4n) is 7.89. The second-order valence-electron chi connectivity index (χ2n) is 11.6. The lowest BCUT2D eigenvalue weighted by molar-refractivity contribution is -0.128. The minimum Gasteiger partial charge on any atom is -0.359 e. The molecule has 3 fully saturated rings. The second kappa shape index (κ2) is 8.90. The summed E-state index contributed by atoms with van der Waals surface area (Å²) in [6.07, 6.45) is 13.4. The highest BCUT2D eigenvalue weighted by atomic mass is 32.2. The minimum absolute atomic E-state index is 0.228. The van der Waals surface area contributed by atoms with Crippen molar-refractivity contribution in [2.24, 2.45) is 0 Å². The highest BCUT2D eigenvalue weighted by Gasteiger charge is 2.48. The van der Waals surface area contributed by atoms with E-state index in [9.17, 15) is 4.79 Å². The number of hydrogen-bond donors (Lipinski definition) is 0. The Morgan fingerprint density at radius 2 is 1.95 bits per heavy atom. The number of aryl methyl sites for hydroxylation is 1. The smallest absolute Gasteiger partial charge is 0.185 e. The average Bonchev–Trinajstić information content (AvgIpc) is 3.68. The zero-order valence-electron chi connectivity index (χ0n) is 22.1. The Hall–Kier alpha value is -2.26. The van der Waals surface area contributed by atoms with Crippen molar-refractivity contribution in [3.8, 4) is 11.5 Å². The molecule has 37 heavy (non-hydrogen) atoms. The summed E-state index contributed by atoms with van der Waals surface area (Å²) in [6.45, 7) is 5.56. The SMILES string of the molecule is CSc1nc(-c2noc3c2CCC[C@@]32CCCCC2=O)nc2c1c(C)nn2[C@@H](C)[C@@H]1CCC2CCCN21. The molecule has 1 spiro atoms. The van der Waals surface area contributed by atoms with E-state index in [0.717, 1.165) is 77.6 Å². The Bertz CT molecular complexity index is 1380. The van der Waals surface area contributed by atoms with Crippen LogP contribution in [0.25, 0.3) is 22.6 Å². The lowest BCUT2D eigenvalue weighted by Gasteiger charge is -2.36. The molecule has 3 aromatic rings. The van der Waals surface area contributed by atoms with Crippen LogP contribution in [0.5, 0.6) is 0 Å². The van der Waals surface area contributed by atoms with Crippen LogP contribution in [0.1, 0.15) is 94.2 Å². The number of nitrogens with zero attached hydrogens (tertiary/aromatic N) is 6. The summed E-state index contributed by atoms with van der Waals surface area (Å²) < 4.78 is 8.17. The summed E-state index contributed by atoms with van der Waals surface area (Å²) in [5.41, 5.74) is 3.12. The molecule has 1 unspecified atom stereocenters. The maximum Gasteiger partial charge on any atom is 0.185 e. The van der Waals surface area contributed by atoms with Crippen LogP contribution in [0.2, 0.25) is 0 Å². The van der Waals surface area contributed by atoms with Crippen LogP contribution in [0.4, 0.5) is 0 Å². The third-order valence-electron chi connectivity index (χ3n) is 9.73. The van der Waals surface area contributed by atoms with E-state index in [0.29, 0.717) is 29.8 Å². The zero-order valence-corrected chi connectivity index (χ0v) is 22.9. The van der Waals surface area contributed by atoms with Gasteiger partial charge in [0.05, 0.1) is 22.5 Å².